The molecule has 0 aliphatic carbocycles. The largest absolute Gasteiger partial charge is 0.391 e. The summed E-state index contributed by atoms with van der Waals surface area (Å²) in [6.45, 7) is 8.36. The van der Waals surface area contributed by atoms with Crippen LogP contribution in [0.3, 0.4) is 0 Å². The molecule has 0 aliphatic rings. The Balaban J connectivity index is 4.06. The molecule has 4 nitrogen and oxygen atoms in total. The van der Waals surface area contributed by atoms with E-state index >= 15 is 0 Å². The van der Waals surface area contributed by atoms with Crippen LogP contribution in [-0.2, 0) is 4.79 Å². The molecule has 0 spiro atoms. The molecule has 0 rings (SSSR count). The number of aliphatic hydroxyl groups excluding tert-OH is 1. The third kappa shape index (κ3) is 5.50. The fourth-order valence-electron chi connectivity index (χ4n) is 1.83. The highest BCUT2D eigenvalue weighted by molar-refractivity contribution is 5.81. The van der Waals surface area contributed by atoms with Crippen molar-refractivity contribution in [3.8, 4) is 0 Å². The summed E-state index contributed by atoms with van der Waals surface area (Å²) in [7, 11) is 0. The highest BCUT2D eigenvalue weighted by atomic mass is 16.3. The molecule has 0 saturated heterocycles. The van der Waals surface area contributed by atoms with E-state index in [0.29, 0.717) is 6.54 Å². The van der Waals surface area contributed by atoms with Crippen LogP contribution in [0.2, 0.25) is 0 Å². The summed E-state index contributed by atoms with van der Waals surface area (Å²) in [6, 6.07) is -0.478. The van der Waals surface area contributed by atoms with Crippen molar-refractivity contribution >= 4 is 5.91 Å². The van der Waals surface area contributed by atoms with E-state index < -0.39 is 12.1 Å². The standard InChI is InChI=1S/C13H28N2O2/c1-5-9(4)12(14)13(17)15-8-11(16)10(6-2)7-3/h9-12,16H,5-8,14H2,1-4H3,(H,15,17). The number of amides is 1. The SMILES string of the molecule is CCC(C)C(N)C(=O)NCC(O)C(CC)CC. The van der Waals surface area contributed by atoms with E-state index in [2.05, 4.69) is 5.32 Å². The monoisotopic (exact) mass is 244 g/mol. The summed E-state index contributed by atoms with van der Waals surface area (Å²) in [6.07, 6.45) is 2.25. The summed E-state index contributed by atoms with van der Waals surface area (Å²) in [5.41, 5.74) is 5.80. The summed E-state index contributed by atoms with van der Waals surface area (Å²) in [5, 5.41) is 12.6. The highest BCUT2D eigenvalue weighted by Gasteiger charge is 2.21. The molecule has 102 valence electrons. The molecular weight excluding hydrogens is 216 g/mol. The molecule has 4 heteroatoms. The molecule has 0 aromatic heterocycles. The minimum absolute atomic E-state index is 0.163. The van der Waals surface area contributed by atoms with Crippen molar-refractivity contribution in [1.82, 2.24) is 5.32 Å². The lowest BCUT2D eigenvalue weighted by molar-refractivity contribution is -0.124. The van der Waals surface area contributed by atoms with Gasteiger partial charge in [0.15, 0.2) is 0 Å². The maximum absolute atomic E-state index is 11.7. The number of nitrogens with one attached hydrogen (secondary N) is 1. The third-order valence-electron chi connectivity index (χ3n) is 3.64. The summed E-state index contributed by atoms with van der Waals surface area (Å²) >= 11 is 0. The van der Waals surface area contributed by atoms with Gasteiger partial charge in [-0.25, -0.2) is 0 Å². The van der Waals surface area contributed by atoms with E-state index in [1.807, 2.05) is 27.7 Å². The molecule has 0 aromatic carbocycles. The summed E-state index contributed by atoms with van der Waals surface area (Å²) in [5.74, 6) is 0.250. The number of carbonyl (C=O) groups excluding carboxylic acids is 1. The van der Waals surface area contributed by atoms with Crippen LogP contribution in [0.5, 0.6) is 0 Å². The van der Waals surface area contributed by atoms with Gasteiger partial charge in [0.25, 0.3) is 0 Å². The van der Waals surface area contributed by atoms with Crippen LogP contribution in [0.25, 0.3) is 0 Å². The van der Waals surface area contributed by atoms with Crippen molar-refractivity contribution in [2.24, 2.45) is 17.6 Å². The van der Waals surface area contributed by atoms with Crippen molar-refractivity contribution in [2.75, 3.05) is 6.54 Å². The fourth-order valence-corrected chi connectivity index (χ4v) is 1.83. The van der Waals surface area contributed by atoms with Gasteiger partial charge in [0.05, 0.1) is 12.1 Å². The van der Waals surface area contributed by atoms with Crippen molar-refractivity contribution in [1.29, 1.82) is 0 Å². The minimum Gasteiger partial charge on any atom is -0.391 e. The van der Waals surface area contributed by atoms with Crippen LogP contribution in [0.4, 0.5) is 0 Å². The normalized spacial score (nSPS) is 16.6. The van der Waals surface area contributed by atoms with Crippen LogP contribution in [0.1, 0.15) is 47.0 Å². The van der Waals surface area contributed by atoms with Crippen LogP contribution in [0.15, 0.2) is 0 Å². The van der Waals surface area contributed by atoms with E-state index in [9.17, 15) is 9.90 Å². The van der Waals surface area contributed by atoms with Crippen molar-refractivity contribution in [3.05, 3.63) is 0 Å². The van der Waals surface area contributed by atoms with Crippen molar-refractivity contribution in [3.63, 3.8) is 0 Å². The Hall–Kier alpha value is -0.610. The number of nitrogens with two attached hydrogens (primary N) is 1. The van der Waals surface area contributed by atoms with Crippen molar-refractivity contribution < 1.29 is 9.90 Å². The van der Waals surface area contributed by atoms with Gasteiger partial charge in [-0.05, 0) is 11.8 Å². The number of rotatable bonds is 8. The van der Waals surface area contributed by atoms with E-state index in [4.69, 9.17) is 5.73 Å². The Kier molecular flexibility index (Phi) is 8.17. The lowest BCUT2D eigenvalue weighted by Crippen LogP contribution is -2.47. The zero-order valence-corrected chi connectivity index (χ0v) is 11.6. The van der Waals surface area contributed by atoms with E-state index in [-0.39, 0.29) is 17.7 Å². The first-order chi connectivity index (χ1) is 7.97. The van der Waals surface area contributed by atoms with Gasteiger partial charge in [-0.3, -0.25) is 4.79 Å². The smallest absolute Gasteiger partial charge is 0.237 e. The van der Waals surface area contributed by atoms with Gasteiger partial charge in [-0.15, -0.1) is 0 Å². The number of carbonyl (C=O) groups is 1. The molecule has 3 atom stereocenters. The van der Waals surface area contributed by atoms with E-state index in [0.717, 1.165) is 19.3 Å². The van der Waals surface area contributed by atoms with Crippen LogP contribution in [-0.4, -0.2) is 29.7 Å². The van der Waals surface area contributed by atoms with Crippen LogP contribution >= 0.6 is 0 Å². The van der Waals surface area contributed by atoms with Gasteiger partial charge in [0.2, 0.25) is 5.91 Å². The molecule has 0 fully saturated rings. The maximum Gasteiger partial charge on any atom is 0.237 e. The molecule has 0 saturated carbocycles. The second-order valence-electron chi connectivity index (χ2n) is 4.80. The average Bonchev–Trinajstić information content (AvgIpc) is 2.35. The molecule has 3 unspecified atom stereocenters. The maximum atomic E-state index is 11.7. The Morgan fingerprint density at radius 2 is 1.76 bits per heavy atom. The Bertz CT molecular complexity index is 217. The molecule has 4 N–H and O–H groups in total. The van der Waals surface area contributed by atoms with Crippen molar-refractivity contribution in [2.45, 2.75) is 59.1 Å². The molecule has 0 aromatic rings. The molecule has 0 radical (unpaired) electrons. The molecule has 0 bridgehead atoms. The second-order valence-corrected chi connectivity index (χ2v) is 4.80. The van der Waals surface area contributed by atoms with Gasteiger partial charge in [0.1, 0.15) is 0 Å². The number of hydrogen-bond acceptors (Lipinski definition) is 3. The Morgan fingerprint density at radius 1 is 1.24 bits per heavy atom. The summed E-state index contributed by atoms with van der Waals surface area (Å²) < 4.78 is 0. The van der Waals surface area contributed by atoms with Gasteiger partial charge in [-0.1, -0.05) is 47.0 Å². The quantitative estimate of drug-likeness (QED) is 0.602. The second kappa shape index (κ2) is 8.48. The van der Waals surface area contributed by atoms with E-state index in [1.54, 1.807) is 0 Å². The minimum atomic E-state index is -0.478. The van der Waals surface area contributed by atoms with Gasteiger partial charge < -0.3 is 16.2 Å². The zero-order chi connectivity index (χ0) is 13.4. The van der Waals surface area contributed by atoms with E-state index in [1.165, 1.54) is 0 Å². The fraction of sp³-hybridized carbons (Fsp3) is 0.923. The van der Waals surface area contributed by atoms with Crippen LogP contribution < -0.4 is 11.1 Å². The predicted molar refractivity (Wildman–Crippen MR) is 70.5 cm³/mol. The molecule has 1 amide bonds. The zero-order valence-electron chi connectivity index (χ0n) is 11.6. The molecule has 17 heavy (non-hydrogen) atoms. The van der Waals surface area contributed by atoms with Gasteiger partial charge in [0, 0.05) is 6.54 Å². The number of aliphatic hydroxyl groups is 1. The topological polar surface area (TPSA) is 75.4 Å². The third-order valence-corrected chi connectivity index (χ3v) is 3.64. The number of hydrogen-bond donors (Lipinski definition) is 3. The predicted octanol–water partition coefficient (Wildman–Crippen LogP) is 1.27. The average molecular weight is 244 g/mol. The van der Waals surface area contributed by atoms with Crippen LogP contribution in [0, 0.1) is 11.8 Å². The van der Waals surface area contributed by atoms with Gasteiger partial charge >= 0.3 is 0 Å². The lowest BCUT2D eigenvalue weighted by Gasteiger charge is -2.22. The Morgan fingerprint density at radius 3 is 2.18 bits per heavy atom. The lowest BCUT2D eigenvalue weighted by atomic mass is 9.96. The first-order valence-corrected chi connectivity index (χ1v) is 6.69. The van der Waals surface area contributed by atoms with Gasteiger partial charge in [-0.2, -0.15) is 0 Å². The first kappa shape index (κ1) is 16.4. The first-order valence-electron chi connectivity index (χ1n) is 6.69. The molecular formula is C13H28N2O2. The molecule has 0 heterocycles. The highest BCUT2D eigenvalue weighted by Crippen LogP contribution is 2.12. The summed E-state index contributed by atoms with van der Waals surface area (Å²) in [4.78, 5) is 11.7. The Labute approximate surface area is 105 Å². The molecule has 0 aliphatic heterocycles.